The zero-order valence-corrected chi connectivity index (χ0v) is 7.69. The number of fused-ring (bicyclic) bond motifs is 3. The van der Waals surface area contributed by atoms with Gasteiger partial charge in [-0.25, -0.2) is 4.98 Å². The summed E-state index contributed by atoms with van der Waals surface area (Å²) in [6.07, 6.45) is 5.34. The van der Waals surface area contributed by atoms with Crippen molar-refractivity contribution < 1.29 is 4.42 Å². The minimum atomic E-state index is 0.679. The maximum absolute atomic E-state index is 5.63. The van der Waals surface area contributed by atoms with Crippen molar-refractivity contribution in [3.05, 3.63) is 36.3 Å². The number of aryl methyl sites for hydroxylation is 1. The van der Waals surface area contributed by atoms with E-state index in [-0.39, 0.29) is 0 Å². The molecule has 0 saturated carbocycles. The van der Waals surface area contributed by atoms with Gasteiger partial charge < -0.3 is 4.42 Å². The molecule has 3 heterocycles. The molecule has 0 spiro atoms. The van der Waals surface area contributed by atoms with E-state index >= 15 is 0 Å². The van der Waals surface area contributed by atoms with Gasteiger partial charge in [0.1, 0.15) is 5.58 Å². The van der Waals surface area contributed by atoms with Crippen LogP contribution in [-0.2, 0) is 0 Å². The Labute approximate surface area is 80.4 Å². The Bertz CT molecular complexity index is 613. The molecular formula is C11H8N2O. The number of hydrogen-bond acceptors (Lipinski definition) is 3. The summed E-state index contributed by atoms with van der Waals surface area (Å²) in [5, 5.41) is 2.06. The fraction of sp³-hybridized carbons (Fsp3) is 0.0909. The van der Waals surface area contributed by atoms with E-state index < -0.39 is 0 Å². The molecule has 0 radical (unpaired) electrons. The fourth-order valence-electron chi connectivity index (χ4n) is 1.65. The van der Waals surface area contributed by atoms with Crippen molar-refractivity contribution in [1.82, 2.24) is 9.97 Å². The first-order valence-electron chi connectivity index (χ1n) is 4.44. The molecule has 68 valence electrons. The largest absolute Gasteiger partial charge is 0.437 e. The zero-order valence-electron chi connectivity index (χ0n) is 7.69. The normalized spacial score (nSPS) is 11.2. The topological polar surface area (TPSA) is 38.9 Å². The van der Waals surface area contributed by atoms with Crippen LogP contribution in [0.15, 0.2) is 35.1 Å². The van der Waals surface area contributed by atoms with Crippen LogP contribution in [0, 0.1) is 6.92 Å². The number of aromatic nitrogens is 2. The minimum absolute atomic E-state index is 0.679. The van der Waals surface area contributed by atoms with E-state index in [1.54, 1.807) is 12.4 Å². The molecule has 3 aromatic rings. The van der Waals surface area contributed by atoms with Gasteiger partial charge >= 0.3 is 0 Å². The summed E-state index contributed by atoms with van der Waals surface area (Å²) in [5.41, 5.74) is 2.60. The van der Waals surface area contributed by atoms with E-state index in [2.05, 4.69) is 9.97 Å². The van der Waals surface area contributed by atoms with Crippen molar-refractivity contribution in [2.75, 3.05) is 0 Å². The summed E-state index contributed by atoms with van der Waals surface area (Å²) >= 11 is 0. The van der Waals surface area contributed by atoms with Gasteiger partial charge in [-0.3, -0.25) is 4.98 Å². The number of pyridine rings is 2. The van der Waals surface area contributed by atoms with Crippen LogP contribution in [-0.4, -0.2) is 9.97 Å². The molecule has 0 saturated heterocycles. The Balaban J connectivity index is 2.63. The SMILES string of the molecule is Cc1cncc2c1oc1ncccc12. The second-order valence-corrected chi connectivity index (χ2v) is 3.29. The average molecular weight is 184 g/mol. The molecule has 0 aliphatic heterocycles. The highest BCUT2D eigenvalue weighted by Gasteiger charge is 2.08. The zero-order chi connectivity index (χ0) is 9.54. The number of furan rings is 1. The van der Waals surface area contributed by atoms with Gasteiger partial charge in [0.15, 0.2) is 0 Å². The van der Waals surface area contributed by atoms with Gasteiger partial charge in [-0.2, -0.15) is 0 Å². The van der Waals surface area contributed by atoms with E-state index in [1.165, 1.54) is 0 Å². The molecule has 0 atom stereocenters. The van der Waals surface area contributed by atoms with E-state index in [0.717, 1.165) is 21.9 Å². The minimum Gasteiger partial charge on any atom is -0.437 e. The molecule has 3 heteroatoms. The number of hydrogen-bond donors (Lipinski definition) is 0. The van der Waals surface area contributed by atoms with Crippen LogP contribution in [0.4, 0.5) is 0 Å². The fourth-order valence-corrected chi connectivity index (χ4v) is 1.65. The van der Waals surface area contributed by atoms with Crippen LogP contribution in [0.25, 0.3) is 22.1 Å². The first-order valence-corrected chi connectivity index (χ1v) is 4.44. The predicted octanol–water partition coefficient (Wildman–Crippen LogP) is 2.68. The molecule has 3 nitrogen and oxygen atoms in total. The van der Waals surface area contributed by atoms with E-state index in [0.29, 0.717) is 5.71 Å². The second-order valence-electron chi connectivity index (χ2n) is 3.29. The summed E-state index contributed by atoms with van der Waals surface area (Å²) in [7, 11) is 0. The van der Waals surface area contributed by atoms with E-state index in [1.807, 2.05) is 25.3 Å². The lowest BCUT2D eigenvalue weighted by atomic mass is 10.2. The van der Waals surface area contributed by atoms with Crippen LogP contribution in [0.1, 0.15) is 5.56 Å². The number of nitrogens with zero attached hydrogens (tertiary/aromatic N) is 2. The Kier molecular flexibility index (Phi) is 1.36. The van der Waals surface area contributed by atoms with Crippen molar-refractivity contribution in [3.8, 4) is 0 Å². The molecule has 0 bridgehead atoms. The standard InChI is InChI=1S/C11H8N2O/c1-7-5-12-6-9-8-3-2-4-13-11(8)14-10(7)9/h2-6H,1H3. The molecular weight excluding hydrogens is 176 g/mol. The molecule has 3 rings (SSSR count). The molecule has 0 aromatic carbocycles. The summed E-state index contributed by atoms with van der Waals surface area (Å²) in [6, 6.07) is 3.90. The van der Waals surface area contributed by atoms with Crippen molar-refractivity contribution in [3.63, 3.8) is 0 Å². The first kappa shape index (κ1) is 7.50. The Morgan fingerprint density at radius 2 is 2.14 bits per heavy atom. The lowest BCUT2D eigenvalue weighted by Crippen LogP contribution is -1.75. The van der Waals surface area contributed by atoms with Gasteiger partial charge in [-0.1, -0.05) is 0 Å². The Hall–Kier alpha value is -1.90. The first-order chi connectivity index (χ1) is 6.86. The smallest absolute Gasteiger partial charge is 0.227 e. The molecule has 0 N–H and O–H groups in total. The van der Waals surface area contributed by atoms with Gasteiger partial charge in [0.05, 0.1) is 0 Å². The van der Waals surface area contributed by atoms with Crippen LogP contribution in [0.2, 0.25) is 0 Å². The summed E-state index contributed by atoms with van der Waals surface area (Å²) in [6.45, 7) is 1.98. The van der Waals surface area contributed by atoms with Crippen LogP contribution in [0.3, 0.4) is 0 Å². The third-order valence-electron chi connectivity index (χ3n) is 2.33. The molecule has 0 unspecified atom stereocenters. The highest BCUT2D eigenvalue weighted by Crippen LogP contribution is 2.27. The predicted molar refractivity (Wildman–Crippen MR) is 54.0 cm³/mol. The highest BCUT2D eigenvalue weighted by molar-refractivity contribution is 6.03. The lowest BCUT2D eigenvalue weighted by Gasteiger charge is -1.90. The lowest BCUT2D eigenvalue weighted by molar-refractivity contribution is 0.650. The van der Waals surface area contributed by atoms with Gasteiger partial charge in [-0.15, -0.1) is 0 Å². The van der Waals surface area contributed by atoms with Crippen molar-refractivity contribution in [1.29, 1.82) is 0 Å². The van der Waals surface area contributed by atoms with Gasteiger partial charge in [0.2, 0.25) is 5.71 Å². The van der Waals surface area contributed by atoms with Gasteiger partial charge in [0.25, 0.3) is 0 Å². The van der Waals surface area contributed by atoms with E-state index in [4.69, 9.17) is 4.42 Å². The summed E-state index contributed by atoms with van der Waals surface area (Å²) in [4.78, 5) is 8.31. The highest BCUT2D eigenvalue weighted by atomic mass is 16.3. The third kappa shape index (κ3) is 0.865. The quantitative estimate of drug-likeness (QED) is 0.539. The van der Waals surface area contributed by atoms with Crippen LogP contribution >= 0.6 is 0 Å². The monoisotopic (exact) mass is 184 g/mol. The maximum atomic E-state index is 5.63. The summed E-state index contributed by atoms with van der Waals surface area (Å²) < 4.78 is 5.63. The number of rotatable bonds is 0. The molecule has 14 heavy (non-hydrogen) atoms. The van der Waals surface area contributed by atoms with Crippen LogP contribution < -0.4 is 0 Å². The third-order valence-corrected chi connectivity index (χ3v) is 2.33. The summed E-state index contributed by atoms with van der Waals surface area (Å²) in [5.74, 6) is 0. The van der Waals surface area contributed by atoms with E-state index in [9.17, 15) is 0 Å². The van der Waals surface area contributed by atoms with Crippen molar-refractivity contribution in [2.45, 2.75) is 6.92 Å². The molecule has 0 aliphatic rings. The Morgan fingerprint density at radius 3 is 3.07 bits per heavy atom. The Morgan fingerprint density at radius 1 is 1.21 bits per heavy atom. The van der Waals surface area contributed by atoms with Gasteiger partial charge in [0, 0.05) is 34.9 Å². The molecule has 0 fully saturated rings. The van der Waals surface area contributed by atoms with Crippen molar-refractivity contribution in [2.24, 2.45) is 0 Å². The maximum Gasteiger partial charge on any atom is 0.227 e. The molecule has 0 amide bonds. The average Bonchev–Trinajstić information content (AvgIpc) is 2.59. The van der Waals surface area contributed by atoms with Crippen molar-refractivity contribution >= 4 is 22.1 Å². The van der Waals surface area contributed by atoms with Crippen LogP contribution in [0.5, 0.6) is 0 Å². The molecule has 0 aliphatic carbocycles. The van der Waals surface area contributed by atoms with Gasteiger partial charge in [-0.05, 0) is 19.1 Å². The second kappa shape index (κ2) is 2.54. The molecule has 3 aromatic heterocycles.